The largest absolute Gasteiger partial charge is 0.395 e. The first-order valence-electron chi connectivity index (χ1n) is 10.6. The van der Waals surface area contributed by atoms with E-state index in [1.807, 2.05) is 13.8 Å². The van der Waals surface area contributed by atoms with Gasteiger partial charge in [0.15, 0.2) is 0 Å². The first-order chi connectivity index (χ1) is 12.4. The van der Waals surface area contributed by atoms with Gasteiger partial charge >= 0.3 is 0 Å². The van der Waals surface area contributed by atoms with Gasteiger partial charge in [0.25, 0.3) is 0 Å². The zero-order valence-corrected chi connectivity index (χ0v) is 17.8. The van der Waals surface area contributed by atoms with Crippen molar-refractivity contribution in [3.63, 3.8) is 0 Å². The molecule has 2 fully saturated rings. The van der Waals surface area contributed by atoms with E-state index in [-0.39, 0.29) is 0 Å². The Morgan fingerprint density at radius 3 is 1.31 bits per heavy atom. The highest BCUT2D eigenvalue weighted by Gasteiger charge is 2.22. The number of nitrogens with zero attached hydrogens (tertiary/aromatic N) is 4. The summed E-state index contributed by atoms with van der Waals surface area (Å²) in [5.74, 6) is 0. The molecule has 6 heteroatoms. The smallest absolute Gasteiger partial charge is 0.0718 e. The van der Waals surface area contributed by atoms with E-state index >= 15 is 0 Å². The molecule has 0 saturated carbocycles. The van der Waals surface area contributed by atoms with Crippen LogP contribution in [-0.2, 0) is 0 Å². The van der Waals surface area contributed by atoms with E-state index in [0.29, 0.717) is 6.61 Å². The molecular formula is C20H44N4O2. The number of aliphatic hydroxyl groups excluding tert-OH is 1. The van der Waals surface area contributed by atoms with Gasteiger partial charge in [-0.2, -0.15) is 0 Å². The van der Waals surface area contributed by atoms with E-state index in [1.54, 1.807) is 0 Å². The summed E-state index contributed by atoms with van der Waals surface area (Å²) in [4.78, 5) is 9.67. The second kappa shape index (κ2) is 13.0. The van der Waals surface area contributed by atoms with E-state index in [9.17, 15) is 5.11 Å². The molecule has 2 N–H and O–H groups in total. The third kappa shape index (κ3) is 10.8. The van der Waals surface area contributed by atoms with Crippen LogP contribution in [0.5, 0.6) is 0 Å². The molecule has 0 atom stereocenters. The van der Waals surface area contributed by atoms with Gasteiger partial charge in [-0.05, 0) is 39.8 Å². The Kier molecular flexibility index (Phi) is 11.9. The van der Waals surface area contributed by atoms with Crippen LogP contribution in [0.1, 0.15) is 40.5 Å². The Labute approximate surface area is 161 Å². The van der Waals surface area contributed by atoms with E-state index in [1.165, 1.54) is 39.0 Å². The Hall–Kier alpha value is -0.240. The number of piperazine rings is 2. The topological polar surface area (TPSA) is 53.4 Å². The summed E-state index contributed by atoms with van der Waals surface area (Å²) in [6, 6.07) is 0. The molecule has 156 valence electrons. The molecule has 0 radical (unpaired) electrons. The normalized spacial score (nSPS) is 21.5. The fraction of sp³-hybridized carbons (Fsp3) is 1.00. The molecule has 0 aromatic heterocycles. The number of hydrogen-bond acceptors (Lipinski definition) is 6. The summed E-state index contributed by atoms with van der Waals surface area (Å²) in [7, 11) is 0. The van der Waals surface area contributed by atoms with Crippen molar-refractivity contribution in [3.8, 4) is 0 Å². The monoisotopic (exact) mass is 372 g/mol. The van der Waals surface area contributed by atoms with Crippen molar-refractivity contribution in [2.75, 3.05) is 85.1 Å². The van der Waals surface area contributed by atoms with Crippen LogP contribution in [0.3, 0.4) is 0 Å². The van der Waals surface area contributed by atoms with Gasteiger partial charge in [-0.1, -0.05) is 13.8 Å². The van der Waals surface area contributed by atoms with Crippen LogP contribution >= 0.6 is 0 Å². The summed E-state index contributed by atoms with van der Waals surface area (Å²) in [6.45, 7) is 21.7. The summed E-state index contributed by atoms with van der Waals surface area (Å²) in [5, 5.41) is 18.4. The minimum absolute atomic E-state index is 0.299. The zero-order valence-electron chi connectivity index (χ0n) is 17.8. The molecule has 2 saturated heterocycles. The minimum Gasteiger partial charge on any atom is -0.395 e. The summed E-state index contributed by atoms with van der Waals surface area (Å²) < 4.78 is 0. The van der Waals surface area contributed by atoms with Gasteiger partial charge in [-0.3, -0.25) is 9.80 Å². The molecule has 0 unspecified atom stereocenters. The van der Waals surface area contributed by atoms with Gasteiger partial charge in [0.1, 0.15) is 0 Å². The molecule has 2 heterocycles. The summed E-state index contributed by atoms with van der Waals surface area (Å²) in [5.41, 5.74) is -0.549. The molecule has 0 aromatic rings. The SMILES string of the molecule is CCCN1CCN(CC(C)(C)O)CC1.CCCN1CCN(CCO)CC1. The maximum Gasteiger partial charge on any atom is 0.0718 e. The molecule has 0 amide bonds. The van der Waals surface area contributed by atoms with Crippen molar-refractivity contribution in [1.29, 1.82) is 0 Å². The van der Waals surface area contributed by atoms with Crippen molar-refractivity contribution in [2.24, 2.45) is 0 Å². The van der Waals surface area contributed by atoms with Crippen molar-refractivity contribution >= 4 is 0 Å². The average molecular weight is 373 g/mol. The van der Waals surface area contributed by atoms with Crippen LogP contribution in [0.4, 0.5) is 0 Å². The minimum atomic E-state index is -0.549. The van der Waals surface area contributed by atoms with Gasteiger partial charge < -0.3 is 20.0 Å². The fourth-order valence-electron chi connectivity index (χ4n) is 3.73. The van der Waals surface area contributed by atoms with Gasteiger partial charge in [0, 0.05) is 65.4 Å². The molecule has 6 nitrogen and oxygen atoms in total. The quantitative estimate of drug-likeness (QED) is 0.657. The van der Waals surface area contributed by atoms with Crippen molar-refractivity contribution in [1.82, 2.24) is 19.6 Å². The van der Waals surface area contributed by atoms with Gasteiger partial charge in [0.2, 0.25) is 0 Å². The standard InChI is InChI=1S/C11H24N2O.C9H20N2O/c1-4-5-12-6-8-13(9-7-12)10-11(2,3)14;1-2-3-10-4-6-11(7-5-10)8-9-12/h14H,4-10H2,1-3H3;12H,2-9H2,1H3. The Bertz CT molecular complexity index is 319. The van der Waals surface area contributed by atoms with E-state index < -0.39 is 5.60 Å². The third-order valence-corrected chi connectivity index (χ3v) is 5.04. The van der Waals surface area contributed by atoms with E-state index in [2.05, 4.69) is 33.4 Å². The Balaban J connectivity index is 0.000000263. The second-order valence-electron chi connectivity index (χ2n) is 8.34. The van der Waals surface area contributed by atoms with Crippen LogP contribution in [0.2, 0.25) is 0 Å². The van der Waals surface area contributed by atoms with Crippen molar-refractivity contribution in [2.45, 2.75) is 46.1 Å². The predicted octanol–water partition coefficient (Wildman–Crippen LogP) is 0.791. The molecule has 0 spiro atoms. The summed E-state index contributed by atoms with van der Waals surface area (Å²) >= 11 is 0. The Morgan fingerprint density at radius 1 is 0.654 bits per heavy atom. The predicted molar refractivity (Wildman–Crippen MR) is 110 cm³/mol. The van der Waals surface area contributed by atoms with E-state index in [0.717, 1.165) is 52.4 Å². The molecule has 2 aliphatic rings. The number of hydrogen-bond donors (Lipinski definition) is 2. The molecule has 0 bridgehead atoms. The van der Waals surface area contributed by atoms with Gasteiger partial charge in [-0.15, -0.1) is 0 Å². The average Bonchev–Trinajstić information content (AvgIpc) is 2.59. The second-order valence-corrected chi connectivity index (χ2v) is 8.34. The number of rotatable bonds is 8. The lowest BCUT2D eigenvalue weighted by atomic mass is 10.1. The highest BCUT2D eigenvalue weighted by Crippen LogP contribution is 2.08. The molecule has 0 aliphatic carbocycles. The van der Waals surface area contributed by atoms with Crippen molar-refractivity contribution < 1.29 is 10.2 Å². The lowest BCUT2D eigenvalue weighted by molar-refractivity contribution is 0.0178. The number of aliphatic hydroxyl groups is 2. The maximum absolute atomic E-state index is 9.68. The van der Waals surface area contributed by atoms with Crippen LogP contribution in [0, 0.1) is 0 Å². The fourth-order valence-corrected chi connectivity index (χ4v) is 3.73. The van der Waals surface area contributed by atoms with Crippen LogP contribution < -0.4 is 0 Å². The van der Waals surface area contributed by atoms with Crippen LogP contribution in [0.15, 0.2) is 0 Å². The zero-order chi connectivity index (χ0) is 19.4. The third-order valence-electron chi connectivity index (χ3n) is 5.04. The lowest BCUT2D eigenvalue weighted by Gasteiger charge is -2.37. The highest BCUT2D eigenvalue weighted by molar-refractivity contribution is 4.77. The Morgan fingerprint density at radius 2 is 1.00 bits per heavy atom. The van der Waals surface area contributed by atoms with Crippen LogP contribution in [-0.4, -0.2) is 121 Å². The first-order valence-corrected chi connectivity index (χ1v) is 10.6. The summed E-state index contributed by atoms with van der Waals surface area (Å²) in [6.07, 6.45) is 2.49. The van der Waals surface area contributed by atoms with Crippen molar-refractivity contribution in [3.05, 3.63) is 0 Å². The number of β-amino-alcohol motifs (C(OH)–C–C–N with tert-alkyl or cyclic N) is 2. The van der Waals surface area contributed by atoms with Gasteiger partial charge in [0.05, 0.1) is 12.2 Å². The maximum atomic E-state index is 9.68. The molecular weight excluding hydrogens is 328 g/mol. The highest BCUT2D eigenvalue weighted by atomic mass is 16.3. The molecule has 0 aromatic carbocycles. The molecule has 26 heavy (non-hydrogen) atoms. The lowest BCUT2D eigenvalue weighted by Crippen LogP contribution is -2.50. The molecule has 2 aliphatic heterocycles. The molecule has 2 rings (SSSR count). The van der Waals surface area contributed by atoms with Crippen LogP contribution in [0.25, 0.3) is 0 Å². The first kappa shape index (κ1) is 23.8. The van der Waals surface area contributed by atoms with E-state index in [4.69, 9.17) is 5.11 Å². The van der Waals surface area contributed by atoms with Gasteiger partial charge in [-0.25, -0.2) is 0 Å².